The summed E-state index contributed by atoms with van der Waals surface area (Å²) in [5.41, 5.74) is 1.53. The first-order valence-electron chi connectivity index (χ1n) is 6.67. The van der Waals surface area contributed by atoms with Crippen molar-refractivity contribution in [1.82, 2.24) is 4.90 Å². The summed E-state index contributed by atoms with van der Waals surface area (Å²) in [6.45, 7) is 6.70. The van der Waals surface area contributed by atoms with Crippen LogP contribution in [-0.4, -0.2) is 35.6 Å². The molecule has 0 fully saturated rings. The van der Waals surface area contributed by atoms with Gasteiger partial charge < -0.3 is 15.3 Å². The van der Waals surface area contributed by atoms with Gasteiger partial charge in [-0.25, -0.2) is 9.59 Å². The highest BCUT2D eigenvalue weighted by atomic mass is 16.4. The molecule has 0 saturated carbocycles. The molecule has 110 valence electrons. The van der Waals surface area contributed by atoms with Gasteiger partial charge in [-0.2, -0.15) is 0 Å². The highest BCUT2D eigenvalue weighted by Crippen LogP contribution is 2.17. The van der Waals surface area contributed by atoms with Crippen molar-refractivity contribution in [3.8, 4) is 0 Å². The average Bonchev–Trinajstić information content (AvgIpc) is 2.37. The van der Waals surface area contributed by atoms with E-state index in [2.05, 4.69) is 19.2 Å². The molecule has 1 aromatic carbocycles. The van der Waals surface area contributed by atoms with Gasteiger partial charge in [-0.3, -0.25) is 0 Å². The Kier molecular flexibility index (Phi) is 5.55. The third-order valence-corrected chi connectivity index (χ3v) is 3.11. The Morgan fingerprint density at radius 3 is 2.55 bits per heavy atom. The minimum atomic E-state index is -1.01. The standard InChI is InChI=1S/C15H22N2O3/c1-10(2)7-8-17(4)15(20)16-13-9-12(14(18)19)6-5-11(13)3/h5-6,9-10H,7-8H2,1-4H3,(H,16,20)(H,18,19). The molecule has 0 aliphatic heterocycles. The lowest BCUT2D eigenvalue weighted by Crippen LogP contribution is -2.32. The predicted octanol–water partition coefficient (Wildman–Crippen LogP) is 3.20. The Morgan fingerprint density at radius 1 is 1.35 bits per heavy atom. The lowest BCUT2D eigenvalue weighted by molar-refractivity contribution is 0.0697. The van der Waals surface area contributed by atoms with Gasteiger partial charge in [0.05, 0.1) is 5.56 Å². The van der Waals surface area contributed by atoms with Crippen LogP contribution in [-0.2, 0) is 0 Å². The van der Waals surface area contributed by atoms with Gasteiger partial charge in [-0.05, 0) is 37.0 Å². The largest absolute Gasteiger partial charge is 0.478 e. The first-order valence-corrected chi connectivity index (χ1v) is 6.67. The Balaban J connectivity index is 2.74. The maximum Gasteiger partial charge on any atom is 0.335 e. The Labute approximate surface area is 119 Å². The molecule has 0 heterocycles. The molecule has 0 aliphatic carbocycles. The number of rotatable bonds is 5. The van der Waals surface area contributed by atoms with E-state index < -0.39 is 5.97 Å². The van der Waals surface area contributed by atoms with Crippen molar-refractivity contribution in [1.29, 1.82) is 0 Å². The third-order valence-electron chi connectivity index (χ3n) is 3.11. The molecule has 0 saturated heterocycles. The molecule has 5 heteroatoms. The number of anilines is 1. The number of nitrogens with zero attached hydrogens (tertiary/aromatic N) is 1. The van der Waals surface area contributed by atoms with Crippen LogP contribution < -0.4 is 5.32 Å². The van der Waals surface area contributed by atoms with Crippen LogP contribution in [0.25, 0.3) is 0 Å². The second-order valence-electron chi connectivity index (χ2n) is 5.37. The summed E-state index contributed by atoms with van der Waals surface area (Å²) in [6, 6.07) is 4.46. The van der Waals surface area contributed by atoms with E-state index in [1.807, 2.05) is 6.92 Å². The Morgan fingerprint density at radius 2 is 2.00 bits per heavy atom. The fourth-order valence-electron chi connectivity index (χ4n) is 1.65. The van der Waals surface area contributed by atoms with E-state index in [0.29, 0.717) is 18.2 Å². The molecule has 2 amide bonds. The fraction of sp³-hybridized carbons (Fsp3) is 0.467. The minimum absolute atomic E-state index is 0.163. The normalized spacial score (nSPS) is 10.4. The first kappa shape index (κ1) is 16.0. The van der Waals surface area contributed by atoms with Crippen LogP contribution in [0, 0.1) is 12.8 Å². The van der Waals surface area contributed by atoms with Gasteiger partial charge >= 0.3 is 12.0 Å². The summed E-state index contributed by atoms with van der Waals surface area (Å²) in [5.74, 6) is -0.476. The number of hydrogen-bond donors (Lipinski definition) is 2. The SMILES string of the molecule is Cc1ccc(C(=O)O)cc1NC(=O)N(C)CCC(C)C. The second kappa shape index (κ2) is 6.93. The van der Waals surface area contributed by atoms with Crippen molar-refractivity contribution < 1.29 is 14.7 Å². The zero-order valence-electron chi connectivity index (χ0n) is 12.4. The van der Waals surface area contributed by atoms with Crippen molar-refractivity contribution in [2.45, 2.75) is 27.2 Å². The van der Waals surface area contributed by atoms with E-state index in [1.165, 1.54) is 12.1 Å². The van der Waals surface area contributed by atoms with E-state index >= 15 is 0 Å². The van der Waals surface area contributed by atoms with E-state index in [9.17, 15) is 9.59 Å². The number of nitrogens with one attached hydrogen (secondary N) is 1. The monoisotopic (exact) mass is 278 g/mol. The molecule has 0 spiro atoms. The quantitative estimate of drug-likeness (QED) is 0.869. The van der Waals surface area contributed by atoms with Crippen molar-refractivity contribution in [3.63, 3.8) is 0 Å². The van der Waals surface area contributed by atoms with Crippen LogP contribution >= 0.6 is 0 Å². The second-order valence-corrected chi connectivity index (χ2v) is 5.37. The Bertz CT molecular complexity index is 498. The molecule has 2 N–H and O–H groups in total. The van der Waals surface area contributed by atoms with Crippen LogP contribution in [0.4, 0.5) is 10.5 Å². The summed E-state index contributed by atoms with van der Waals surface area (Å²) >= 11 is 0. The lowest BCUT2D eigenvalue weighted by atomic mass is 10.1. The molecular formula is C15H22N2O3. The highest BCUT2D eigenvalue weighted by Gasteiger charge is 2.12. The zero-order valence-corrected chi connectivity index (χ0v) is 12.4. The molecule has 0 aromatic heterocycles. The number of benzene rings is 1. The van der Waals surface area contributed by atoms with Crippen LogP contribution in [0.15, 0.2) is 18.2 Å². The number of carbonyl (C=O) groups excluding carboxylic acids is 1. The van der Waals surface area contributed by atoms with Gasteiger partial charge in [0.25, 0.3) is 0 Å². The molecule has 1 rings (SSSR count). The molecule has 0 bridgehead atoms. The number of carboxylic acid groups (broad SMARTS) is 1. The van der Waals surface area contributed by atoms with Crippen LogP contribution in [0.5, 0.6) is 0 Å². The molecule has 0 atom stereocenters. The van der Waals surface area contributed by atoms with E-state index in [4.69, 9.17) is 5.11 Å². The summed E-state index contributed by atoms with van der Waals surface area (Å²) < 4.78 is 0. The van der Waals surface area contributed by atoms with Gasteiger partial charge in [0.2, 0.25) is 0 Å². The summed E-state index contributed by atoms with van der Waals surface area (Å²) in [5, 5.41) is 11.7. The zero-order chi connectivity index (χ0) is 15.3. The fourth-order valence-corrected chi connectivity index (χ4v) is 1.65. The molecule has 0 aliphatic rings. The molecule has 5 nitrogen and oxygen atoms in total. The predicted molar refractivity (Wildman–Crippen MR) is 79.2 cm³/mol. The number of carbonyl (C=O) groups is 2. The number of hydrogen-bond acceptors (Lipinski definition) is 2. The van der Waals surface area contributed by atoms with E-state index in [-0.39, 0.29) is 11.6 Å². The molecule has 0 radical (unpaired) electrons. The number of urea groups is 1. The lowest BCUT2D eigenvalue weighted by Gasteiger charge is -2.19. The maximum atomic E-state index is 12.0. The van der Waals surface area contributed by atoms with Gasteiger partial charge in [0.1, 0.15) is 0 Å². The van der Waals surface area contributed by atoms with Gasteiger partial charge in [0, 0.05) is 19.3 Å². The van der Waals surface area contributed by atoms with Crippen molar-refractivity contribution >= 4 is 17.7 Å². The van der Waals surface area contributed by atoms with Crippen molar-refractivity contribution in [2.24, 2.45) is 5.92 Å². The molecule has 0 unspecified atom stereocenters. The number of aromatic carboxylic acids is 1. The molecule has 1 aromatic rings. The molecular weight excluding hydrogens is 256 g/mol. The molecule has 20 heavy (non-hydrogen) atoms. The van der Waals surface area contributed by atoms with Crippen LogP contribution in [0.1, 0.15) is 36.2 Å². The highest BCUT2D eigenvalue weighted by molar-refractivity contribution is 5.93. The topological polar surface area (TPSA) is 69.6 Å². The van der Waals surface area contributed by atoms with Gasteiger partial charge in [-0.1, -0.05) is 19.9 Å². The van der Waals surface area contributed by atoms with E-state index in [0.717, 1.165) is 12.0 Å². The summed E-state index contributed by atoms with van der Waals surface area (Å²) in [6.07, 6.45) is 0.929. The summed E-state index contributed by atoms with van der Waals surface area (Å²) in [7, 11) is 1.73. The third kappa shape index (κ3) is 4.57. The minimum Gasteiger partial charge on any atom is -0.478 e. The smallest absolute Gasteiger partial charge is 0.335 e. The average molecular weight is 278 g/mol. The van der Waals surface area contributed by atoms with E-state index in [1.54, 1.807) is 18.0 Å². The van der Waals surface area contributed by atoms with Crippen LogP contribution in [0.2, 0.25) is 0 Å². The number of amides is 2. The first-order chi connectivity index (χ1) is 9.31. The van der Waals surface area contributed by atoms with Crippen molar-refractivity contribution in [2.75, 3.05) is 18.9 Å². The maximum absolute atomic E-state index is 12.0. The van der Waals surface area contributed by atoms with Gasteiger partial charge in [0.15, 0.2) is 0 Å². The van der Waals surface area contributed by atoms with Gasteiger partial charge in [-0.15, -0.1) is 0 Å². The van der Waals surface area contributed by atoms with Crippen LogP contribution in [0.3, 0.4) is 0 Å². The Hall–Kier alpha value is -2.04. The summed E-state index contributed by atoms with van der Waals surface area (Å²) in [4.78, 5) is 24.6. The van der Waals surface area contributed by atoms with Crippen molar-refractivity contribution in [3.05, 3.63) is 29.3 Å². The number of aryl methyl sites for hydroxylation is 1. The number of carboxylic acids is 1.